The van der Waals surface area contributed by atoms with Gasteiger partial charge in [0.2, 0.25) is 0 Å². The van der Waals surface area contributed by atoms with Crippen LogP contribution in [0.4, 0.5) is 5.69 Å². The van der Waals surface area contributed by atoms with Gasteiger partial charge in [-0.15, -0.1) is 0 Å². The highest BCUT2D eigenvalue weighted by atomic mass is 32.2. The van der Waals surface area contributed by atoms with E-state index in [1.165, 1.54) is 0 Å². The molecule has 2 aromatic heterocycles. The molecule has 0 bridgehead atoms. The predicted octanol–water partition coefficient (Wildman–Crippen LogP) is 0.604. The van der Waals surface area contributed by atoms with Gasteiger partial charge in [-0.2, -0.15) is 5.10 Å². The van der Waals surface area contributed by atoms with Gasteiger partial charge in [0.15, 0.2) is 15.5 Å². The Morgan fingerprint density at radius 3 is 3.00 bits per heavy atom. The minimum atomic E-state index is -2.96. The van der Waals surface area contributed by atoms with Gasteiger partial charge >= 0.3 is 0 Å². The largest absolute Gasteiger partial charge is 0.394 e. The number of hydrogen-bond donors (Lipinski definition) is 1. The fourth-order valence-corrected chi connectivity index (χ4v) is 4.17. The zero-order chi connectivity index (χ0) is 12.8. The second-order valence-corrected chi connectivity index (χ2v) is 6.87. The van der Waals surface area contributed by atoms with E-state index in [0.717, 1.165) is 6.42 Å². The second kappa shape index (κ2) is 3.94. The topological polar surface area (TPSA) is 90.4 Å². The molecule has 2 aromatic rings. The Kier molecular flexibility index (Phi) is 2.51. The van der Waals surface area contributed by atoms with Gasteiger partial charge in [-0.1, -0.05) is 0 Å². The van der Waals surface area contributed by atoms with Crippen molar-refractivity contribution in [2.75, 3.05) is 17.2 Å². The fraction of sp³-hybridized carbons (Fsp3) is 0.455. The van der Waals surface area contributed by atoms with Crippen LogP contribution in [-0.2, 0) is 9.84 Å². The molecule has 1 aliphatic heterocycles. The van der Waals surface area contributed by atoms with Crippen LogP contribution < -0.4 is 5.73 Å². The summed E-state index contributed by atoms with van der Waals surface area (Å²) in [5.41, 5.74) is 7.77. The van der Waals surface area contributed by atoms with Gasteiger partial charge in [-0.3, -0.25) is 0 Å². The van der Waals surface area contributed by atoms with Crippen LogP contribution in [0.15, 0.2) is 18.5 Å². The van der Waals surface area contributed by atoms with Gasteiger partial charge in [0.05, 0.1) is 17.2 Å². The number of aromatic nitrogens is 3. The third-order valence-corrected chi connectivity index (χ3v) is 5.13. The number of sulfone groups is 1. The van der Waals surface area contributed by atoms with E-state index in [2.05, 4.69) is 10.1 Å². The van der Waals surface area contributed by atoms with Gasteiger partial charge in [-0.05, 0) is 18.9 Å². The molecule has 6 nitrogen and oxygen atoms in total. The third kappa shape index (κ3) is 1.84. The zero-order valence-electron chi connectivity index (χ0n) is 9.78. The molecular weight excluding hydrogens is 252 g/mol. The number of nitrogen functional groups attached to an aromatic ring is 1. The predicted molar refractivity (Wildman–Crippen MR) is 68.0 cm³/mol. The lowest BCUT2D eigenvalue weighted by molar-refractivity contribution is 0.549. The smallest absolute Gasteiger partial charge is 0.178 e. The molecule has 0 spiro atoms. The number of fused-ring (bicyclic) bond motifs is 1. The van der Waals surface area contributed by atoms with Crippen molar-refractivity contribution in [1.82, 2.24) is 14.6 Å². The van der Waals surface area contributed by atoms with E-state index in [9.17, 15) is 8.42 Å². The van der Waals surface area contributed by atoms with Crippen LogP contribution in [0.5, 0.6) is 0 Å². The number of hydrogen-bond acceptors (Lipinski definition) is 5. The van der Waals surface area contributed by atoms with E-state index in [1.807, 2.05) is 0 Å². The number of rotatable bonds is 1. The molecule has 96 valence electrons. The first kappa shape index (κ1) is 11.5. The summed E-state index contributed by atoms with van der Waals surface area (Å²) in [6, 6.07) is 1.76. The molecule has 1 atom stereocenters. The van der Waals surface area contributed by atoms with Crippen molar-refractivity contribution in [2.24, 2.45) is 0 Å². The molecule has 3 heterocycles. The van der Waals surface area contributed by atoms with Crippen LogP contribution in [-0.4, -0.2) is 34.5 Å². The first-order chi connectivity index (χ1) is 8.57. The molecule has 3 rings (SSSR count). The molecule has 18 heavy (non-hydrogen) atoms. The minimum absolute atomic E-state index is 0.106. The average molecular weight is 266 g/mol. The van der Waals surface area contributed by atoms with Gasteiger partial charge in [0, 0.05) is 18.3 Å². The van der Waals surface area contributed by atoms with Crippen LogP contribution in [0.3, 0.4) is 0 Å². The summed E-state index contributed by atoms with van der Waals surface area (Å²) in [6.07, 6.45) is 4.90. The summed E-state index contributed by atoms with van der Waals surface area (Å²) in [5.74, 6) is 0.307. The summed E-state index contributed by atoms with van der Waals surface area (Å²) in [4.78, 5) is 4.16. The van der Waals surface area contributed by atoms with E-state index >= 15 is 0 Å². The molecular formula is C11H14N4O2S. The van der Waals surface area contributed by atoms with Crippen LogP contribution in [0.2, 0.25) is 0 Å². The molecule has 0 amide bonds. The van der Waals surface area contributed by atoms with E-state index < -0.39 is 9.84 Å². The van der Waals surface area contributed by atoms with Gasteiger partial charge in [0.25, 0.3) is 0 Å². The van der Waals surface area contributed by atoms with Gasteiger partial charge in [0.1, 0.15) is 5.69 Å². The van der Waals surface area contributed by atoms with Crippen molar-refractivity contribution in [3.63, 3.8) is 0 Å². The Labute approximate surface area is 105 Å². The number of nitrogens with two attached hydrogens (primary N) is 1. The lowest BCUT2D eigenvalue weighted by atomic mass is 10.0. The molecule has 1 unspecified atom stereocenters. The fourth-order valence-electron chi connectivity index (χ4n) is 2.46. The van der Waals surface area contributed by atoms with Crippen molar-refractivity contribution in [3.05, 3.63) is 24.2 Å². The Morgan fingerprint density at radius 2 is 2.28 bits per heavy atom. The van der Waals surface area contributed by atoms with Crippen molar-refractivity contribution in [2.45, 2.75) is 18.8 Å². The maximum Gasteiger partial charge on any atom is 0.178 e. The molecule has 1 aliphatic rings. The quantitative estimate of drug-likeness (QED) is 0.816. The van der Waals surface area contributed by atoms with Crippen molar-refractivity contribution >= 4 is 21.2 Å². The first-order valence-electron chi connectivity index (χ1n) is 5.86. The molecule has 0 saturated carbocycles. The van der Waals surface area contributed by atoms with Crippen LogP contribution in [0.25, 0.3) is 5.65 Å². The van der Waals surface area contributed by atoms with Crippen molar-refractivity contribution < 1.29 is 8.42 Å². The maximum atomic E-state index is 11.7. The number of anilines is 1. The Morgan fingerprint density at radius 1 is 1.44 bits per heavy atom. The maximum absolute atomic E-state index is 11.7. The molecule has 0 aromatic carbocycles. The first-order valence-corrected chi connectivity index (χ1v) is 7.68. The van der Waals surface area contributed by atoms with Crippen LogP contribution in [0, 0.1) is 0 Å². The van der Waals surface area contributed by atoms with Gasteiger partial charge < -0.3 is 5.73 Å². The summed E-state index contributed by atoms with van der Waals surface area (Å²) in [5, 5.41) is 4.37. The molecule has 0 aliphatic carbocycles. The van der Waals surface area contributed by atoms with Crippen molar-refractivity contribution in [3.8, 4) is 0 Å². The summed E-state index contributed by atoms with van der Waals surface area (Å²) in [6.45, 7) is 0. The normalized spacial score (nSPS) is 23.2. The highest BCUT2D eigenvalue weighted by Gasteiger charge is 2.29. The highest BCUT2D eigenvalue weighted by Crippen LogP contribution is 2.32. The third-order valence-electron chi connectivity index (χ3n) is 3.31. The Bertz CT molecular complexity index is 692. The van der Waals surface area contributed by atoms with Crippen LogP contribution in [0.1, 0.15) is 24.5 Å². The van der Waals surface area contributed by atoms with Crippen LogP contribution >= 0.6 is 0 Å². The van der Waals surface area contributed by atoms with E-state index in [4.69, 9.17) is 5.73 Å². The molecule has 1 fully saturated rings. The van der Waals surface area contributed by atoms with E-state index in [-0.39, 0.29) is 17.4 Å². The molecule has 1 saturated heterocycles. The Balaban J connectivity index is 2.06. The van der Waals surface area contributed by atoms with E-state index in [0.29, 0.717) is 23.4 Å². The highest BCUT2D eigenvalue weighted by molar-refractivity contribution is 7.91. The zero-order valence-corrected chi connectivity index (χ0v) is 10.6. The van der Waals surface area contributed by atoms with E-state index in [1.54, 1.807) is 23.0 Å². The molecule has 7 heteroatoms. The lowest BCUT2D eigenvalue weighted by Gasteiger charge is -2.20. The standard InChI is InChI=1S/C11H14N4O2S/c12-9-10(8-3-1-6-18(16,17)7-8)14-15-5-2-4-13-11(9)15/h2,4-5,8H,1,3,6-7,12H2. The summed E-state index contributed by atoms with van der Waals surface area (Å²) in [7, 11) is -2.96. The lowest BCUT2D eigenvalue weighted by Crippen LogP contribution is -2.24. The summed E-state index contributed by atoms with van der Waals surface area (Å²) < 4.78 is 24.9. The van der Waals surface area contributed by atoms with Gasteiger partial charge in [-0.25, -0.2) is 17.9 Å². The average Bonchev–Trinajstić information content (AvgIpc) is 2.66. The SMILES string of the molecule is Nc1c(C2CCCS(=O)(=O)C2)nn2cccnc12. The molecule has 2 N–H and O–H groups in total. The van der Waals surface area contributed by atoms with Crippen molar-refractivity contribution in [1.29, 1.82) is 0 Å². The monoisotopic (exact) mass is 266 g/mol. The number of nitrogens with zero attached hydrogens (tertiary/aromatic N) is 3. The Hall–Kier alpha value is -1.63. The second-order valence-electron chi connectivity index (χ2n) is 4.64. The molecule has 0 radical (unpaired) electrons. The minimum Gasteiger partial charge on any atom is -0.394 e. The summed E-state index contributed by atoms with van der Waals surface area (Å²) >= 11 is 0.